The zero-order valence-corrected chi connectivity index (χ0v) is 24.4. The molecule has 2 aromatic heterocycles. The molecule has 0 aliphatic carbocycles. The molecule has 5 atom stereocenters. The third kappa shape index (κ3) is 8.54. The summed E-state index contributed by atoms with van der Waals surface area (Å²) >= 11 is 6.19. The number of nitrogens with zero attached hydrogens (tertiary/aromatic N) is 3. The summed E-state index contributed by atoms with van der Waals surface area (Å²) in [7, 11) is 8.11. The topological polar surface area (TPSA) is 207 Å². The summed E-state index contributed by atoms with van der Waals surface area (Å²) in [5.74, 6) is -2.11. The van der Waals surface area contributed by atoms with Crippen molar-refractivity contribution in [2.24, 2.45) is 0 Å². The third-order valence-electron chi connectivity index (χ3n) is 5.98. The molecule has 0 saturated heterocycles. The summed E-state index contributed by atoms with van der Waals surface area (Å²) in [6.45, 7) is 0.566. The van der Waals surface area contributed by atoms with Crippen LogP contribution in [0.2, 0.25) is 10.3 Å². The second kappa shape index (κ2) is 13.3. The molecule has 220 valence electrons. The summed E-state index contributed by atoms with van der Waals surface area (Å²) in [5, 5.41) is 37.3. The zero-order chi connectivity index (χ0) is 31.6. The molecule has 0 aliphatic heterocycles. The number of aromatic nitrogens is 3. The number of aliphatic hydroxyl groups is 3. The Morgan fingerprint density at radius 2 is 1.86 bits per heavy atom. The van der Waals surface area contributed by atoms with E-state index < -0.39 is 63.1 Å². The van der Waals surface area contributed by atoms with Gasteiger partial charge in [0.25, 0.3) is 0 Å². The number of aliphatic hydroxyl groups excluding tert-OH is 3. The molecular weight excluding hydrogens is 613 g/mol. The van der Waals surface area contributed by atoms with Crippen LogP contribution in [0, 0.1) is 5.82 Å². The zero-order valence-electron chi connectivity index (χ0n) is 21.9. The summed E-state index contributed by atoms with van der Waals surface area (Å²) in [5.41, 5.74) is -0.105. The number of halogens is 2. The fourth-order valence-corrected chi connectivity index (χ4v) is 6.68. The van der Waals surface area contributed by atoms with Gasteiger partial charge in [-0.25, -0.2) is 14.1 Å². The molecule has 0 fully saturated rings. The predicted molar refractivity (Wildman–Crippen MR) is 155 cm³/mol. The minimum atomic E-state index is -4.90. The van der Waals surface area contributed by atoms with Crippen molar-refractivity contribution in [1.82, 2.24) is 14.8 Å². The SMILES string of the molecule is [B]C([B])([B])C(Nc1cc(Cl)nc2c1cnn2[C@H](O)[C@H](O)[C@H](O)/C(=C\C)COP(=O)(O)CP(=O)(O)O)c1ccccc1F. The first-order valence-electron chi connectivity index (χ1n) is 12.0. The van der Waals surface area contributed by atoms with Crippen molar-refractivity contribution in [3.63, 3.8) is 0 Å². The fourth-order valence-electron chi connectivity index (χ4n) is 3.95. The Balaban J connectivity index is 1.90. The molecular formula is C22H25B3ClFN4O9P2. The van der Waals surface area contributed by atoms with Crippen molar-refractivity contribution >= 4 is 67.1 Å². The fraction of sp³-hybridized carbons (Fsp3) is 0.364. The lowest BCUT2D eigenvalue weighted by atomic mass is 9.39. The average Bonchev–Trinajstić information content (AvgIpc) is 3.28. The van der Waals surface area contributed by atoms with Crippen molar-refractivity contribution < 1.29 is 48.0 Å². The largest absolute Gasteiger partial charge is 0.386 e. The number of hydrogen-bond donors (Lipinski definition) is 7. The highest BCUT2D eigenvalue weighted by atomic mass is 35.5. The molecule has 0 saturated carbocycles. The van der Waals surface area contributed by atoms with Gasteiger partial charge in [-0.2, -0.15) is 5.10 Å². The van der Waals surface area contributed by atoms with E-state index in [9.17, 15) is 33.7 Å². The van der Waals surface area contributed by atoms with Crippen LogP contribution in [0.4, 0.5) is 10.1 Å². The Hall–Kier alpha value is -2.03. The van der Waals surface area contributed by atoms with Gasteiger partial charge in [0, 0.05) is 11.6 Å². The molecule has 13 nitrogen and oxygen atoms in total. The standard InChI is InChI=1S/C22H25B3ClFN4O9P2/c1-2-11(9-40-42(38,39)10-41(35,36)37)17(32)18(33)21(34)31-20-13(8-28-31)15(7-16(26)30-20)29-19(22(23,24)25)12-5-3-4-6-14(12)27/h2-8,17-19,21,32-34H,9-10H2,1H3,(H,29,30)(H,38,39)(H2,35,36,37)/b11-2-/t17-,18-,19?,21-/m1/s1. The maximum Gasteiger partial charge on any atom is 0.340 e. The second-order valence-corrected chi connectivity index (χ2v) is 13.7. The molecule has 42 heavy (non-hydrogen) atoms. The van der Waals surface area contributed by atoms with Crippen molar-refractivity contribution in [3.05, 3.63) is 64.7 Å². The van der Waals surface area contributed by atoms with Gasteiger partial charge >= 0.3 is 15.2 Å². The van der Waals surface area contributed by atoms with Crippen LogP contribution in [-0.2, 0) is 13.7 Å². The highest BCUT2D eigenvalue weighted by Gasteiger charge is 2.35. The quantitative estimate of drug-likeness (QED) is 0.0615. The minimum Gasteiger partial charge on any atom is -0.386 e. The van der Waals surface area contributed by atoms with E-state index in [1.54, 1.807) is 6.07 Å². The van der Waals surface area contributed by atoms with Gasteiger partial charge in [0.2, 0.25) is 0 Å². The van der Waals surface area contributed by atoms with Gasteiger partial charge in [-0.05, 0) is 24.6 Å². The first-order valence-corrected chi connectivity index (χ1v) is 15.9. The van der Waals surface area contributed by atoms with Gasteiger partial charge < -0.3 is 39.8 Å². The van der Waals surface area contributed by atoms with Crippen molar-refractivity contribution in [1.29, 1.82) is 0 Å². The summed E-state index contributed by atoms with van der Waals surface area (Å²) in [6, 6.07) is 5.76. The Bertz CT molecular complexity index is 1560. The van der Waals surface area contributed by atoms with E-state index in [2.05, 4.69) is 15.4 Å². The lowest BCUT2D eigenvalue weighted by Crippen LogP contribution is -2.37. The van der Waals surface area contributed by atoms with Crippen LogP contribution in [0.25, 0.3) is 11.0 Å². The van der Waals surface area contributed by atoms with E-state index in [0.717, 1.165) is 4.68 Å². The highest BCUT2D eigenvalue weighted by Crippen LogP contribution is 2.55. The van der Waals surface area contributed by atoms with Gasteiger partial charge in [-0.1, -0.05) is 35.9 Å². The Morgan fingerprint density at radius 3 is 2.43 bits per heavy atom. The maximum atomic E-state index is 14.6. The number of fused-ring (bicyclic) bond motifs is 1. The predicted octanol–water partition coefficient (Wildman–Crippen LogP) is 1.45. The number of anilines is 1. The normalized spacial score (nSPS) is 17.4. The van der Waals surface area contributed by atoms with Crippen LogP contribution in [-0.4, -0.2) is 93.0 Å². The monoisotopic (exact) mass is 638 g/mol. The molecule has 1 aromatic carbocycles. The number of pyridine rings is 1. The molecule has 20 heteroatoms. The van der Waals surface area contributed by atoms with Crippen LogP contribution < -0.4 is 5.32 Å². The number of nitrogens with one attached hydrogen (secondary N) is 1. The van der Waals surface area contributed by atoms with Crippen LogP contribution in [0.1, 0.15) is 24.8 Å². The highest BCUT2D eigenvalue weighted by molar-refractivity contribution is 7.70. The molecule has 3 rings (SSSR count). The molecule has 2 heterocycles. The Labute approximate surface area is 248 Å². The summed E-state index contributed by atoms with van der Waals surface area (Å²) in [4.78, 5) is 31.7. The first kappa shape index (κ1) is 34.5. The van der Waals surface area contributed by atoms with Gasteiger partial charge in [-0.3, -0.25) is 9.13 Å². The summed E-state index contributed by atoms with van der Waals surface area (Å²) in [6.07, 6.45) is -3.50. The van der Waals surface area contributed by atoms with Crippen LogP contribution in [0.5, 0.6) is 0 Å². The van der Waals surface area contributed by atoms with Gasteiger partial charge in [0.15, 0.2) is 17.8 Å². The van der Waals surface area contributed by atoms with E-state index in [0.29, 0.717) is 0 Å². The second-order valence-electron chi connectivity index (χ2n) is 9.35. The number of benzene rings is 1. The molecule has 0 bridgehead atoms. The minimum absolute atomic E-state index is 0.0337. The van der Waals surface area contributed by atoms with Crippen molar-refractivity contribution in [2.75, 3.05) is 17.8 Å². The van der Waals surface area contributed by atoms with Crippen molar-refractivity contribution in [2.45, 2.75) is 36.5 Å². The lowest BCUT2D eigenvalue weighted by Gasteiger charge is -2.34. The smallest absolute Gasteiger partial charge is 0.340 e. The van der Waals surface area contributed by atoms with Crippen molar-refractivity contribution in [3.8, 4) is 0 Å². The Morgan fingerprint density at radius 1 is 1.21 bits per heavy atom. The molecule has 2 unspecified atom stereocenters. The molecule has 6 radical (unpaired) electrons. The van der Waals surface area contributed by atoms with Crippen LogP contribution in [0.15, 0.2) is 48.2 Å². The van der Waals surface area contributed by atoms with E-state index >= 15 is 0 Å². The van der Waals surface area contributed by atoms with E-state index in [-0.39, 0.29) is 33.0 Å². The third-order valence-corrected chi connectivity index (χ3v) is 9.61. The van der Waals surface area contributed by atoms with E-state index in [4.69, 9.17) is 49.5 Å². The lowest BCUT2D eigenvalue weighted by molar-refractivity contribution is -0.0845. The van der Waals surface area contributed by atoms with E-state index in [1.807, 2.05) is 0 Å². The molecule has 7 N–H and O–H groups in total. The number of hydrogen-bond acceptors (Lipinski definition) is 9. The van der Waals surface area contributed by atoms with Crippen LogP contribution >= 0.6 is 26.8 Å². The summed E-state index contributed by atoms with van der Waals surface area (Å²) < 4.78 is 43.1. The molecule has 0 aliphatic rings. The molecule has 0 amide bonds. The maximum absolute atomic E-state index is 14.6. The van der Waals surface area contributed by atoms with E-state index in [1.165, 1.54) is 43.5 Å². The molecule has 3 aromatic rings. The molecule has 0 spiro atoms. The number of rotatable bonds is 13. The van der Waals surface area contributed by atoms with Gasteiger partial charge in [0.1, 0.15) is 23.2 Å². The van der Waals surface area contributed by atoms with Gasteiger partial charge in [-0.15, -0.1) is 5.11 Å². The Kier molecular flexibility index (Phi) is 10.9. The number of allylic oxidation sites excluding steroid dienone is 1. The van der Waals surface area contributed by atoms with Gasteiger partial charge in [0.05, 0.1) is 47.4 Å². The van der Waals surface area contributed by atoms with Crippen LogP contribution in [0.3, 0.4) is 0 Å². The average molecular weight is 638 g/mol. The first-order chi connectivity index (χ1) is 19.3.